The number of likely N-dealkylation sites (tertiary alicyclic amines) is 1. The molecule has 1 saturated heterocycles. The lowest BCUT2D eigenvalue weighted by Gasteiger charge is -2.33. The zero-order valence-electron chi connectivity index (χ0n) is 14.7. The fraction of sp³-hybridized carbons (Fsp3) is 0.556. The van der Waals surface area contributed by atoms with Crippen LogP contribution in [0.25, 0.3) is 0 Å². The predicted molar refractivity (Wildman–Crippen MR) is 97.2 cm³/mol. The van der Waals surface area contributed by atoms with E-state index in [1.807, 2.05) is 45.9 Å². The van der Waals surface area contributed by atoms with E-state index in [9.17, 15) is 9.59 Å². The SMILES string of the molecule is Cc1cc(Br)ccc1C(=O)NC1CCN(C(=O)OC(C)(C)C)CC1. The number of hydrogen-bond donors (Lipinski definition) is 1. The Morgan fingerprint density at radius 1 is 1.25 bits per heavy atom. The summed E-state index contributed by atoms with van der Waals surface area (Å²) in [5.74, 6) is -0.0595. The maximum atomic E-state index is 12.4. The first-order valence-electron chi connectivity index (χ1n) is 8.20. The number of hydrogen-bond acceptors (Lipinski definition) is 3. The molecule has 24 heavy (non-hydrogen) atoms. The quantitative estimate of drug-likeness (QED) is 0.824. The molecule has 0 bridgehead atoms. The summed E-state index contributed by atoms with van der Waals surface area (Å²) < 4.78 is 6.35. The Bertz CT molecular complexity index is 617. The normalized spacial score (nSPS) is 16.0. The number of nitrogens with one attached hydrogen (secondary N) is 1. The first-order valence-corrected chi connectivity index (χ1v) is 9.00. The molecule has 0 atom stereocenters. The highest BCUT2D eigenvalue weighted by Gasteiger charge is 2.27. The number of benzene rings is 1. The van der Waals surface area contributed by atoms with Crippen LogP contribution in [0.3, 0.4) is 0 Å². The lowest BCUT2D eigenvalue weighted by atomic mass is 10.0. The Hall–Kier alpha value is -1.56. The first-order chi connectivity index (χ1) is 11.2. The van der Waals surface area contributed by atoms with Crippen LogP contribution in [0.1, 0.15) is 49.5 Å². The topological polar surface area (TPSA) is 58.6 Å². The molecule has 0 spiro atoms. The van der Waals surface area contributed by atoms with E-state index in [0.717, 1.165) is 22.9 Å². The van der Waals surface area contributed by atoms with Gasteiger partial charge >= 0.3 is 6.09 Å². The highest BCUT2D eigenvalue weighted by Crippen LogP contribution is 2.18. The molecular weight excluding hydrogens is 372 g/mol. The smallest absolute Gasteiger partial charge is 0.410 e. The van der Waals surface area contributed by atoms with Crippen molar-refractivity contribution in [3.05, 3.63) is 33.8 Å². The predicted octanol–water partition coefficient (Wildman–Crippen LogP) is 3.89. The number of piperidine rings is 1. The second kappa shape index (κ2) is 7.55. The Morgan fingerprint density at radius 2 is 1.88 bits per heavy atom. The lowest BCUT2D eigenvalue weighted by Crippen LogP contribution is -2.47. The van der Waals surface area contributed by atoms with E-state index in [1.54, 1.807) is 4.90 Å². The largest absolute Gasteiger partial charge is 0.444 e. The minimum Gasteiger partial charge on any atom is -0.444 e. The summed E-state index contributed by atoms with van der Waals surface area (Å²) >= 11 is 3.40. The average Bonchev–Trinajstić information content (AvgIpc) is 2.45. The minimum absolute atomic E-state index is 0.0595. The van der Waals surface area contributed by atoms with E-state index < -0.39 is 5.60 Å². The van der Waals surface area contributed by atoms with Gasteiger partial charge in [-0.25, -0.2) is 4.79 Å². The van der Waals surface area contributed by atoms with Gasteiger partial charge in [-0.2, -0.15) is 0 Å². The number of rotatable bonds is 2. The summed E-state index contributed by atoms with van der Waals surface area (Å²) in [6.45, 7) is 8.69. The second-order valence-corrected chi connectivity index (χ2v) is 8.09. The third-order valence-corrected chi connectivity index (χ3v) is 4.41. The first kappa shape index (κ1) is 18.8. The van der Waals surface area contributed by atoms with E-state index in [4.69, 9.17) is 4.74 Å². The molecule has 2 amide bonds. The van der Waals surface area contributed by atoms with E-state index in [0.29, 0.717) is 18.7 Å². The van der Waals surface area contributed by atoms with E-state index >= 15 is 0 Å². The van der Waals surface area contributed by atoms with E-state index in [1.165, 1.54) is 0 Å². The van der Waals surface area contributed by atoms with Crippen molar-refractivity contribution in [2.24, 2.45) is 0 Å². The zero-order valence-corrected chi connectivity index (χ0v) is 16.3. The molecule has 5 nitrogen and oxygen atoms in total. The fourth-order valence-corrected chi connectivity index (χ4v) is 3.15. The molecule has 1 heterocycles. The van der Waals surface area contributed by atoms with Crippen LogP contribution in [-0.4, -0.2) is 41.6 Å². The molecule has 132 valence electrons. The van der Waals surface area contributed by atoms with Gasteiger partial charge in [-0.15, -0.1) is 0 Å². The van der Waals surface area contributed by atoms with Crippen molar-refractivity contribution in [3.8, 4) is 0 Å². The van der Waals surface area contributed by atoms with Gasteiger partial charge < -0.3 is 15.0 Å². The summed E-state index contributed by atoms with van der Waals surface area (Å²) in [6.07, 6.45) is 1.19. The van der Waals surface area contributed by atoms with Crippen molar-refractivity contribution in [2.75, 3.05) is 13.1 Å². The standard InChI is InChI=1S/C18H25BrN2O3/c1-12-11-13(19)5-6-15(12)16(22)20-14-7-9-21(10-8-14)17(23)24-18(2,3)4/h5-6,11,14H,7-10H2,1-4H3,(H,20,22). The van der Waals surface area contributed by atoms with Crippen LogP contribution in [-0.2, 0) is 4.74 Å². The number of carbonyl (C=O) groups excluding carboxylic acids is 2. The second-order valence-electron chi connectivity index (χ2n) is 7.17. The monoisotopic (exact) mass is 396 g/mol. The number of nitrogens with zero attached hydrogens (tertiary/aromatic N) is 1. The van der Waals surface area contributed by atoms with Gasteiger partial charge in [-0.1, -0.05) is 15.9 Å². The van der Waals surface area contributed by atoms with Crippen molar-refractivity contribution >= 4 is 27.9 Å². The minimum atomic E-state index is -0.485. The summed E-state index contributed by atoms with van der Waals surface area (Å²) in [7, 11) is 0. The molecule has 1 N–H and O–H groups in total. The average molecular weight is 397 g/mol. The van der Waals surface area contributed by atoms with Gasteiger partial charge in [-0.3, -0.25) is 4.79 Å². The van der Waals surface area contributed by atoms with Crippen LogP contribution in [0.5, 0.6) is 0 Å². The fourth-order valence-electron chi connectivity index (χ4n) is 2.68. The molecule has 6 heteroatoms. The third-order valence-electron chi connectivity index (χ3n) is 3.91. The molecule has 1 aliphatic heterocycles. The molecule has 1 aliphatic rings. The van der Waals surface area contributed by atoms with Crippen molar-refractivity contribution < 1.29 is 14.3 Å². The summed E-state index contributed by atoms with van der Waals surface area (Å²) in [4.78, 5) is 26.2. The van der Waals surface area contributed by atoms with Gasteiger partial charge in [0.25, 0.3) is 5.91 Å². The van der Waals surface area contributed by atoms with Gasteiger partial charge in [0.15, 0.2) is 0 Å². The van der Waals surface area contributed by atoms with Crippen molar-refractivity contribution in [1.29, 1.82) is 0 Å². The molecule has 1 fully saturated rings. The Labute approximate surface area is 151 Å². The molecule has 2 rings (SSSR count). The Morgan fingerprint density at radius 3 is 2.42 bits per heavy atom. The van der Waals surface area contributed by atoms with Crippen LogP contribution in [0.2, 0.25) is 0 Å². The molecule has 0 radical (unpaired) electrons. The van der Waals surface area contributed by atoms with Crippen LogP contribution >= 0.6 is 15.9 Å². The molecule has 0 aliphatic carbocycles. The number of aryl methyl sites for hydroxylation is 1. The summed E-state index contributed by atoms with van der Waals surface area (Å²) in [5.41, 5.74) is 1.14. The molecular formula is C18H25BrN2O3. The number of carbonyl (C=O) groups is 2. The molecule has 1 aromatic carbocycles. The van der Waals surface area contributed by atoms with Gasteiger partial charge in [0.2, 0.25) is 0 Å². The van der Waals surface area contributed by atoms with E-state index in [-0.39, 0.29) is 18.0 Å². The van der Waals surface area contributed by atoms with Crippen molar-refractivity contribution in [3.63, 3.8) is 0 Å². The zero-order chi connectivity index (χ0) is 17.9. The van der Waals surface area contributed by atoms with Gasteiger partial charge in [0, 0.05) is 29.2 Å². The highest BCUT2D eigenvalue weighted by atomic mass is 79.9. The Kier molecular flexibility index (Phi) is 5.91. The van der Waals surface area contributed by atoms with Crippen LogP contribution in [0, 0.1) is 6.92 Å². The maximum Gasteiger partial charge on any atom is 0.410 e. The number of ether oxygens (including phenoxy) is 1. The van der Waals surface area contributed by atoms with E-state index in [2.05, 4.69) is 21.2 Å². The lowest BCUT2D eigenvalue weighted by molar-refractivity contribution is 0.0199. The van der Waals surface area contributed by atoms with Gasteiger partial charge in [-0.05, 0) is 64.3 Å². The maximum absolute atomic E-state index is 12.4. The van der Waals surface area contributed by atoms with Gasteiger partial charge in [0.05, 0.1) is 0 Å². The molecule has 0 aromatic heterocycles. The number of amides is 2. The van der Waals surface area contributed by atoms with Crippen LogP contribution in [0.15, 0.2) is 22.7 Å². The molecule has 0 unspecified atom stereocenters. The van der Waals surface area contributed by atoms with Crippen molar-refractivity contribution in [2.45, 2.75) is 52.2 Å². The number of halogens is 1. The third kappa shape index (κ3) is 5.23. The highest BCUT2D eigenvalue weighted by molar-refractivity contribution is 9.10. The molecule has 1 aromatic rings. The molecule has 0 saturated carbocycles. The Balaban J connectivity index is 1.86. The van der Waals surface area contributed by atoms with Crippen LogP contribution < -0.4 is 5.32 Å². The summed E-state index contributed by atoms with van der Waals surface area (Å²) in [6, 6.07) is 5.71. The summed E-state index contributed by atoms with van der Waals surface area (Å²) in [5, 5.41) is 3.07. The van der Waals surface area contributed by atoms with Crippen LogP contribution in [0.4, 0.5) is 4.79 Å². The van der Waals surface area contributed by atoms with Crippen molar-refractivity contribution in [1.82, 2.24) is 10.2 Å². The van der Waals surface area contributed by atoms with Gasteiger partial charge in [0.1, 0.15) is 5.60 Å².